The van der Waals surface area contributed by atoms with Crippen LogP contribution < -0.4 is 0 Å². The monoisotopic (exact) mass is 342 g/mol. The number of aromatic nitrogens is 2. The maximum absolute atomic E-state index is 13.3. The first-order valence-electron chi connectivity index (χ1n) is 5.75. The lowest BCUT2D eigenvalue weighted by atomic mass is 9.81. The maximum atomic E-state index is 13.3. The zero-order valence-electron chi connectivity index (χ0n) is 9.21. The van der Waals surface area contributed by atoms with E-state index in [1.54, 1.807) is 12.1 Å². The number of nitrogens with zero attached hydrogens (tertiary/aromatic N) is 1. The fourth-order valence-electron chi connectivity index (χ4n) is 2.24. The maximum Gasteiger partial charge on any atom is 0.131 e. The molecule has 1 aromatic carbocycles. The number of nitrogens with one attached hydrogen (secondary N) is 1. The van der Waals surface area contributed by atoms with Crippen molar-refractivity contribution in [3.05, 3.63) is 39.5 Å². The largest absolute Gasteiger partial charge is 0.281 e. The van der Waals surface area contributed by atoms with Crippen LogP contribution in [0.2, 0.25) is 0 Å². The topological polar surface area (TPSA) is 28.7 Å². The molecule has 2 nitrogen and oxygen atoms in total. The lowest BCUT2D eigenvalue weighted by Crippen LogP contribution is -2.10. The summed E-state index contributed by atoms with van der Waals surface area (Å²) in [4.78, 5) is 0. The van der Waals surface area contributed by atoms with E-state index in [9.17, 15) is 4.39 Å². The van der Waals surface area contributed by atoms with Crippen molar-refractivity contribution >= 4 is 22.6 Å². The van der Waals surface area contributed by atoms with Crippen LogP contribution in [0.3, 0.4) is 0 Å². The fraction of sp³-hybridized carbons (Fsp3) is 0.308. The van der Waals surface area contributed by atoms with Gasteiger partial charge in [0, 0.05) is 17.2 Å². The van der Waals surface area contributed by atoms with E-state index >= 15 is 0 Å². The highest BCUT2D eigenvalue weighted by molar-refractivity contribution is 14.1. The van der Waals surface area contributed by atoms with Crippen molar-refractivity contribution in [3.8, 4) is 11.1 Å². The Morgan fingerprint density at radius 3 is 2.82 bits per heavy atom. The Hall–Kier alpha value is -0.910. The Balaban J connectivity index is 2.09. The zero-order valence-corrected chi connectivity index (χ0v) is 11.4. The van der Waals surface area contributed by atoms with Crippen LogP contribution in [0.15, 0.2) is 24.3 Å². The molecule has 0 aliphatic heterocycles. The Labute approximate surface area is 113 Å². The van der Waals surface area contributed by atoms with Crippen LogP contribution in [0, 0.1) is 9.52 Å². The first-order valence-corrected chi connectivity index (χ1v) is 6.83. The Morgan fingerprint density at radius 1 is 1.35 bits per heavy atom. The molecular weight excluding hydrogens is 330 g/mol. The van der Waals surface area contributed by atoms with E-state index in [2.05, 4.69) is 32.8 Å². The summed E-state index contributed by atoms with van der Waals surface area (Å²) in [5.74, 6) is 0.378. The van der Waals surface area contributed by atoms with E-state index in [0.717, 1.165) is 14.8 Å². The van der Waals surface area contributed by atoms with E-state index in [-0.39, 0.29) is 5.82 Å². The molecule has 88 valence electrons. The zero-order chi connectivity index (χ0) is 11.8. The molecule has 1 fully saturated rings. The summed E-state index contributed by atoms with van der Waals surface area (Å²) in [6.45, 7) is 0. The second kappa shape index (κ2) is 4.40. The van der Waals surface area contributed by atoms with Crippen molar-refractivity contribution < 1.29 is 4.39 Å². The van der Waals surface area contributed by atoms with Gasteiger partial charge in [0.25, 0.3) is 0 Å². The number of hydrogen-bond donors (Lipinski definition) is 1. The summed E-state index contributed by atoms with van der Waals surface area (Å²) in [6.07, 6.45) is 3.70. The first kappa shape index (κ1) is 11.2. The van der Waals surface area contributed by atoms with Gasteiger partial charge in [0.1, 0.15) is 9.52 Å². The van der Waals surface area contributed by atoms with Crippen LogP contribution in [0.1, 0.15) is 30.9 Å². The quantitative estimate of drug-likeness (QED) is 0.819. The van der Waals surface area contributed by atoms with Gasteiger partial charge < -0.3 is 0 Å². The molecule has 2 aromatic rings. The summed E-state index contributed by atoms with van der Waals surface area (Å²) >= 11 is 2.21. The molecule has 0 saturated heterocycles. The molecule has 0 spiro atoms. The van der Waals surface area contributed by atoms with Gasteiger partial charge in [0.05, 0.1) is 0 Å². The number of halogens is 2. The second-order valence-corrected chi connectivity index (χ2v) is 5.46. The van der Waals surface area contributed by atoms with Crippen molar-refractivity contribution in [2.45, 2.75) is 25.2 Å². The van der Waals surface area contributed by atoms with Crippen molar-refractivity contribution in [2.75, 3.05) is 0 Å². The first-order chi connectivity index (χ1) is 8.25. The summed E-state index contributed by atoms with van der Waals surface area (Å²) in [7, 11) is 0. The molecule has 1 heterocycles. The predicted octanol–water partition coefficient (Wildman–Crippen LogP) is 4.09. The van der Waals surface area contributed by atoms with Crippen LogP contribution in [0.4, 0.5) is 4.39 Å². The van der Waals surface area contributed by atoms with E-state index in [4.69, 9.17) is 0 Å². The number of H-pyrrole nitrogens is 1. The number of rotatable bonds is 2. The summed E-state index contributed by atoms with van der Waals surface area (Å²) in [6, 6.07) is 6.74. The molecule has 1 aliphatic rings. The van der Waals surface area contributed by atoms with Crippen LogP contribution in [-0.4, -0.2) is 10.2 Å². The van der Waals surface area contributed by atoms with Crippen molar-refractivity contribution in [2.24, 2.45) is 0 Å². The minimum Gasteiger partial charge on any atom is -0.281 e. The molecule has 1 aliphatic carbocycles. The standard InChI is InChI=1S/C13H12FIN2/c14-10-6-2-5-9(7-10)11-12(8-3-1-4-8)16-17-13(11)15/h2,5-8H,1,3-4H2,(H,16,17). The third kappa shape index (κ3) is 1.99. The molecule has 1 aromatic heterocycles. The molecule has 0 amide bonds. The van der Waals surface area contributed by atoms with Crippen LogP contribution in [-0.2, 0) is 0 Å². The molecule has 0 bridgehead atoms. The fourth-order valence-corrected chi connectivity index (χ4v) is 2.97. The van der Waals surface area contributed by atoms with Gasteiger partial charge in [-0.2, -0.15) is 5.10 Å². The SMILES string of the molecule is Fc1cccc(-c2c(I)n[nH]c2C2CCC2)c1. The van der Waals surface area contributed by atoms with E-state index in [0.29, 0.717) is 5.92 Å². The van der Waals surface area contributed by atoms with Crippen molar-refractivity contribution in [1.29, 1.82) is 0 Å². The third-order valence-corrected chi connectivity index (χ3v) is 4.16. The van der Waals surface area contributed by atoms with Gasteiger partial charge >= 0.3 is 0 Å². The van der Waals surface area contributed by atoms with Crippen molar-refractivity contribution in [3.63, 3.8) is 0 Å². The Bertz CT molecular complexity index is 546. The highest BCUT2D eigenvalue weighted by Crippen LogP contribution is 2.41. The molecule has 3 rings (SSSR count). The van der Waals surface area contributed by atoms with Gasteiger partial charge in [0.2, 0.25) is 0 Å². The molecule has 0 radical (unpaired) electrons. The average Bonchev–Trinajstić information content (AvgIpc) is 2.58. The van der Waals surface area contributed by atoms with Gasteiger partial charge in [-0.1, -0.05) is 18.6 Å². The molecule has 4 heteroatoms. The molecule has 0 atom stereocenters. The third-order valence-electron chi connectivity index (χ3n) is 3.38. The van der Waals surface area contributed by atoms with Gasteiger partial charge in [-0.15, -0.1) is 0 Å². The number of benzene rings is 1. The second-order valence-electron chi connectivity index (χ2n) is 4.44. The minimum atomic E-state index is -0.195. The molecule has 17 heavy (non-hydrogen) atoms. The smallest absolute Gasteiger partial charge is 0.131 e. The lowest BCUT2D eigenvalue weighted by Gasteiger charge is -2.25. The molecule has 1 N–H and O–H groups in total. The van der Waals surface area contributed by atoms with Gasteiger partial charge in [-0.25, -0.2) is 4.39 Å². The molecule has 0 unspecified atom stereocenters. The van der Waals surface area contributed by atoms with E-state index < -0.39 is 0 Å². The van der Waals surface area contributed by atoms with Gasteiger partial charge in [0.15, 0.2) is 0 Å². The number of aromatic amines is 1. The Morgan fingerprint density at radius 2 is 2.18 bits per heavy atom. The van der Waals surface area contributed by atoms with Crippen LogP contribution >= 0.6 is 22.6 Å². The van der Waals surface area contributed by atoms with Crippen LogP contribution in [0.25, 0.3) is 11.1 Å². The minimum absolute atomic E-state index is 0.195. The highest BCUT2D eigenvalue weighted by Gasteiger charge is 2.26. The Kier molecular flexibility index (Phi) is 2.90. The normalized spacial score (nSPS) is 15.9. The van der Waals surface area contributed by atoms with E-state index in [1.807, 2.05) is 6.07 Å². The van der Waals surface area contributed by atoms with Crippen molar-refractivity contribution in [1.82, 2.24) is 10.2 Å². The lowest BCUT2D eigenvalue weighted by molar-refractivity contribution is 0.411. The average molecular weight is 342 g/mol. The van der Waals surface area contributed by atoms with Gasteiger partial charge in [-0.05, 0) is 53.1 Å². The van der Waals surface area contributed by atoms with Crippen LogP contribution in [0.5, 0.6) is 0 Å². The molecule has 1 saturated carbocycles. The van der Waals surface area contributed by atoms with E-state index in [1.165, 1.54) is 31.0 Å². The van der Waals surface area contributed by atoms with Gasteiger partial charge in [-0.3, -0.25) is 5.10 Å². The summed E-state index contributed by atoms with van der Waals surface area (Å²) < 4.78 is 14.2. The highest BCUT2D eigenvalue weighted by atomic mass is 127. The summed E-state index contributed by atoms with van der Waals surface area (Å²) in [5.41, 5.74) is 3.17. The summed E-state index contributed by atoms with van der Waals surface area (Å²) in [5, 5.41) is 7.38. The number of hydrogen-bond acceptors (Lipinski definition) is 1. The molecular formula is C13H12FIN2. The predicted molar refractivity (Wildman–Crippen MR) is 73.3 cm³/mol.